The minimum Gasteiger partial charge on any atom is -0.471 e. The lowest BCUT2D eigenvalue weighted by Crippen LogP contribution is -2.57. The van der Waals surface area contributed by atoms with E-state index in [0.29, 0.717) is 18.2 Å². The molecule has 2 aliphatic heterocycles. The Hall–Kier alpha value is -3.23. The molecule has 0 spiro atoms. The molecule has 40 heavy (non-hydrogen) atoms. The summed E-state index contributed by atoms with van der Waals surface area (Å²) in [5.74, 6) is 0.228. The summed E-state index contributed by atoms with van der Waals surface area (Å²) in [6.07, 6.45) is 5.14. The first kappa shape index (κ1) is 28.3. The number of benzene rings is 1. The molecule has 2 aromatic rings. The molecular weight excluding hydrogens is 508 g/mol. The van der Waals surface area contributed by atoms with Gasteiger partial charge in [-0.3, -0.25) is 9.59 Å². The molecule has 1 aromatic heterocycles. The highest BCUT2D eigenvalue weighted by atomic mass is 16.6. The number of hydrogen-bond acceptors (Lipinski definition) is 7. The number of carbonyl (C=O) groups excluding carboxylic acids is 3. The summed E-state index contributed by atoms with van der Waals surface area (Å²) in [5.41, 5.74) is 1.79. The normalized spacial score (nSPS) is 29.8. The van der Waals surface area contributed by atoms with Crippen molar-refractivity contribution < 1.29 is 23.9 Å². The molecule has 2 fully saturated rings. The molecule has 6 atom stereocenters. The van der Waals surface area contributed by atoms with Crippen LogP contribution in [0.3, 0.4) is 0 Å². The number of amides is 2. The average Bonchev–Trinajstić information content (AvgIpc) is 3.52. The summed E-state index contributed by atoms with van der Waals surface area (Å²) in [6, 6.07) is 6.25. The lowest BCUT2D eigenvalue weighted by atomic mass is 9.85. The number of carbonyl (C=O) groups is 3. The predicted molar refractivity (Wildman–Crippen MR) is 151 cm³/mol. The maximum Gasteiger partial charge on any atom is 0.408 e. The molecule has 9 nitrogen and oxygen atoms in total. The number of fused-ring (bicyclic) bond motifs is 5. The molecule has 2 bridgehead atoms. The van der Waals surface area contributed by atoms with E-state index in [1.807, 2.05) is 52.0 Å². The van der Waals surface area contributed by atoms with Gasteiger partial charge in [-0.05, 0) is 62.5 Å². The predicted octanol–water partition coefficient (Wildman–Crippen LogP) is 4.85. The van der Waals surface area contributed by atoms with Gasteiger partial charge in [0, 0.05) is 5.92 Å². The van der Waals surface area contributed by atoms with Crippen molar-refractivity contribution in [1.29, 1.82) is 0 Å². The Morgan fingerprint density at radius 2 is 1.77 bits per heavy atom. The third kappa shape index (κ3) is 5.93. The lowest BCUT2D eigenvalue weighted by molar-refractivity contribution is -0.141. The van der Waals surface area contributed by atoms with Gasteiger partial charge in [0.25, 0.3) is 0 Å². The summed E-state index contributed by atoms with van der Waals surface area (Å²) >= 11 is 0. The number of alkyl carbamates (subject to hydrolysis) is 1. The summed E-state index contributed by atoms with van der Waals surface area (Å²) < 4.78 is 12.3. The van der Waals surface area contributed by atoms with Crippen molar-refractivity contribution in [2.24, 2.45) is 17.3 Å². The summed E-state index contributed by atoms with van der Waals surface area (Å²) in [7, 11) is 0. The number of nitrogens with one attached hydrogen (secondary N) is 1. The first-order valence-electron chi connectivity index (χ1n) is 14.8. The van der Waals surface area contributed by atoms with Crippen LogP contribution in [0.2, 0.25) is 0 Å². The Labute approximate surface area is 236 Å². The molecule has 9 heteroatoms. The standard InChI is InChI=1S/C31H42N4O5/c1-6-20-25-17-35(26(20)18(2)36)29(37)27(31(3,4)5)34-30(38)40-24-16-19(24)12-8-7-9-15-23-28(39-25)33-22-14-11-10-13-21(22)32-23/h10-11,13-14,19-20,24-27H,6-9,12,15-17H2,1-5H3,(H,34,38)/t19-,20-,24-,25+,26-,27-/m1/s1. The molecule has 1 saturated heterocycles. The van der Waals surface area contributed by atoms with E-state index in [-0.39, 0.29) is 30.3 Å². The Kier molecular flexibility index (Phi) is 8.02. The number of ether oxygens (including phenoxy) is 2. The monoisotopic (exact) mass is 550 g/mol. The van der Waals surface area contributed by atoms with Crippen molar-refractivity contribution in [3.8, 4) is 5.88 Å². The van der Waals surface area contributed by atoms with Gasteiger partial charge in [0.1, 0.15) is 23.9 Å². The minimum absolute atomic E-state index is 0.0990. The second kappa shape index (κ2) is 11.3. The number of aryl methyl sites for hydroxylation is 1. The lowest BCUT2D eigenvalue weighted by Gasteiger charge is -2.35. The molecule has 3 aliphatic rings. The van der Waals surface area contributed by atoms with E-state index in [9.17, 15) is 14.4 Å². The van der Waals surface area contributed by atoms with Gasteiger partial charge in [0.2, 0.25) is 11.8 Å². The fourth-order valence-electron chi connectivity index (χ4n) is 6.30. The molecule has 0 radical (unpaired) electrons. The maximum atomic E-state index is 14.1. The number of aromatic nitrogens is 2. The Bertz CT molecular complexity index is 1270. The topological polar surface area (TPSA) is 111 Å². The largest absolute Gasteiger partial charge is 0.471 e. The number of para-hydroxylation sites is 2. The molecule has 1 aromatic carbocycles. The van der Waals surface area contributed by atoms with E-state index in [0.717, 1.165) is 55.3 Å². The van der Waals surface area contributed by atoms with Crippen LogP contribution < -0.4 is 10.1 Å². The van der Waals surface area contributed by atoms with Crippen molar-refractivity contribution in [3.63, 3.8) is 0 Å². The van der Waals surface area contributed by atoms with E-state index in [4.69, 9.17) is 19.4 Å². The van der Waals surface area contributed by atoms with Gasteiger partial charge in [-0.25, -0.2) is 14.8 Å². The number of Topliss-reactive ketones (excluding diaryl/α,β-unsaturated/α-hetero) is 1. The van der Waals surface area contributed by atoms with Crippen LogP contribution in [0.4, 0.5) is 4.79 Å². The van der Waals surface area contributed by atoms with Crippen molar-refractivity contribution >= 4 is 28.8 Å². The number of rotatable bonds is 2. The van der Waals surface area contributed by atoms with Crippen LogP contribution in [0.5, 0.6) is 5.88 Å². The van der Waals surface area contributed by atoms with Gasteiger partial charge in [-0.1, -0.05) is 52.7 Å². The summed E-state index contributed by atoms with van der Waals surface area (Å²) in [6.45, 7) is 9.47. The van der Waals surface area contributed by atoms with E-state index in [2.05, 4.69) is 5.32 Å². The molecule has 1 N–H and O–H groups in total. The fourth-order valence-corrected chi connectivity index (χ4v) is 6.30. The van der Waals surface area contributed by atoms with Crippen molar-refractivity contribution in [2.45, 2.75) is 104 Å². The zero-order valence-electron chi connectivity index (χ0n) is 24.3. The summed E-state index contributed by atoms with van der Waals surface area (Å²) in [5, 5.41) is 2.85. The van der Waals surface area contributed by atoms with Crippen molar-refractivity contribution in [3.05, 3.63) is 30.0 Å². The third-order valence-electron chi connectivity index (χ3n) is 8.62. The molecule has 3 heterocycles. The molecule has 1 aliphatic carbocycles. The van der Waals surface area contributed by atoms with Crippen LogP contribution in [0.25, 0.3) is 11.0 Å². The SMILES string of the molecule is CC[C@@H]1[C@@H]2CN(C(=O)[C@H](C(C)(C)C)NC(=O)O[C@@H]3C[C@H]3CCCCCc3nc4ccccc4nc3O2)[C@@H]1C(C)=O. The maximum absolute atomic E-state index is 14.1. The minimum atomic E-state index is -0.856. The number of hydrogen-bond donors (Lipinski definition) is 1. The summed E-state index contributed by atoms with van der Waals surface area (Å²) in [4.78, 5) is 51.4. The molecular formula is C31H42N4O5. The number of nitrogens with zero attached hydrogens (tertiary/aromatic N) is 3. The van der Waals surface area contributed by atoms with E-state index in [1.54, 1.807) is 4.90 Å². The highest BCUT2D eigenvalue weighted by Gasteiger charge is 2.50. The second-order valence-electron chi connectivity index (χ2n) is 12.7. The van der Waals surface area contributed by atoms with E-state index >= 15 is 0 Å². The molecule has 5 rings (SSSR count). The van der Waals surface area contributed by atoms with Crippen LogP contribution in [0, 0.1) is 17.3 Å². The highest BCUT2D eigenvalue weighted by molar-refractivity contribution is 5.92. The first-order chi connectivity index (χ1) is 19.1. The van der Waals surface area contributed by atoms with Gasteiger partial charge < -0.3 is 19.7 Å². The smallest absolute Gasteiger partial charge is 0.408 e. The van der Waals surface area contributed by atoms with Crippen LogP contribution in [0.15, 0.2) is 24.3 Å². The second-order valence-corrected chi connectivity index (χ2v) is 12.7. The van der Waals surface area contributed by atoms with E-state index in [1.165, 1.54) is 6.92 Å². The van der Waals surface area contributed by atoms with Gasteiger partial charge in [-0.15, -0.1) is 0 Å². The van der Waals surface area contributed by atoms with Crippen LogP contribution in [0.1, 0.15) is 78.8 Å². The van der Waals surface area contributed by atoms with Crippen LogP contribution >= 0.6 is 0 Å². The molecule has 216 valence electrons. The first-order valence-corrected chi connectivity index (χ1v) is 14.8. The van der Waals surface area contributed by atoms with Crippen molar-refractivity contribution in [1.82, 2.24) is 20.2 Å². The van der Waals surface area contributed by atoms with Gasteiger partial charge >= 0.3 is 6.09 Å². The van der Waals surface area contributed by atoms with Crippen LogP contribution in [-0.4, -0.2) is 63.5 Å². The van der Waals surface area contributed by atoms with Gasteiger partial charge in [-0.2, -0.15) is 0 Å². The molecule has 2 amide bonds. The fraction of sp³-hybridized carbons (Fsp3) is 0.645. The number of ketones is 1. The van der Waals surface area contributed by atoms with Gasteiger partial charge in [0.05, 0.1) is 23.6 Å². The zero-order valence-corrected chi connectivity index (χ0v) is 24.3. The Morgan fingerprint density at radius 3 is 2.45 bits per heavy atom. The Morgan fingerprint density at radius 1 is 1.05 bits per heavy atom. The Balaban J connectivity index is 1.52. The van der Waals surface area contributed by atoms with E-state index < -0.39 is 29.7 Å². The quantitative estimate of drug-likeness (QED) is 0.569. The highest BCUT2D eigenvalue weighted by Crippen LogP contribution is 2.39. The van der Waals surface area contributed by atoms with Crippen molar-refractivity contribution in [2.75, 3.05) is 6.54 Å². The van der Waals surface area contributed by atoms with Gasteiger partial charge in [0.15, 0.2) is 5.78 Å². The molecule has 0 unspecified atom stereocenters. The average molecular weight is 551 g/mol. The third-order valence-corrected chi connectivity index (χ3v) is 8.62. The zero-order chi connectivity index (χ0) is 28.6. The van der Waals surface area contributed by atoms with Crippen LogP contribution in [-0.2, 0) is 20.7 Å². The molecule has 1 saturated carbocycles.